The summed E-state index contributed by atoms with van der Waals surface area (Å²) in [6.07, 6.45) is 4.28. The van der Waals surface area contributed by atoms with E-state index in [4.69, 9.17) is 0 Å². The number of carbonyl (C=O) groups is 1. The van der Waals surface area contributed by atoms with Crippen molar-refractivity contribution in [2.24, 2.45) is 11.3 Å². The molecule has 1 heterocycles. The van der Waals surface area contributed by atoms with E-state index in [9.17, 15) is 13.2 Å². The number of fused-ring (bicyclic) bond motifs is 1. The third-order valence-corrected chi connectivity index (χ3v) is 7.84. The van der Waals surface area contributed by atoms with Gasteiger partial charge in [-0.25, -0.2) is 8.42 Å². The summed E-state index contributed by atoms with van der Waals surface area (Å²) in [4.78, 5) is 13.4. The van der Waals surface area contributed by atoms with Crippen LogP contribution >= 0.6 is 0 Å². The molecule has 2 fully saturated rings. The minimum atomic E-state index is -3.42. The zero-order valence-electron chi connectivity index (χ0n) is 15.9. The van der Waals surface area contributed by atoms with Crippen molar-refractivity contribution in [1.29, 1.82) is 0 Å². The molecular formula is C22H26N2O3S. The van der Waals surface area contributed by atoms with E-state index in [0.717, 1.165) is 32.4 Å². The SMILES string of the molecule is O=C(Nc1cccc(CS(=O)(=O)c2ccccc2)c1)[C@@]12CCCC[C@H]1CNC2. The summed E-state index contributed by atoms with van der Waals surface area (Å²) in [5, 5.41) is 6.46. The summed E-state index contributed by atoms with van der Waals surface area (Å²) >= 11 is 0. The van der Waals surface area contributed by atoms with E-state index in [1.54, 1.807) is 48.5 Å². The van der Waals surface area contributed by atoms with E-state index in [1.807, 2.05) is 6.07 Å². The highest BCUT2D eigenvalue weighted by Gasteiger charge is 2.49. The molecular weight excluding hydrogens is 372 g/mol. The second kappa shape index (κ2) is 7.68. The van der Waals surface area contributed by atoms with Crippen molar-refractivity contribution in [2.75, 3.05) is 18.4 Å². The zero-order chi connectivity index (χ0) is 19.6. The number of sulfone groups is 1. The standard InChI is InChI=1S/C22H26N2O3S/c25-21(22-12-5-4-8-18(22)14-23-16-22)24-19-9-6-7-17(13-19)15-28(26,27)20-10-2-1-3-11-20/h1-3,6-7,9-11,13,18,23H,4-5,8,12,14-16H2,(H,24,25)/t18-,22+/m0/s1. The predicted octanol–water partition coefficient (Wildman–Crippen LogP) is 3.38. The molecule has 0 radical (unpaired) electrons. The van der Waals surface area contributed by atoms with Gasteiger partial charge >= 0.3 is 0 Å². The third-order valence-electron chi connectivity index (χ3n) is 6.13. The third kappa shape index (κ3) is 3.71. The number of rotatable bonds is 5. The highest BCUT2D eigenvalue weighted by atomic mass is 32.2. The van der Waals surface area contributed by atoms with Gasteiger partial charge in [0.1, 0.15) is 0 Å². The van der Waals surface area contributed by atoms with Gasteiger partial charge in [0.25, 0.3) is 0 Å². The van der Waals surface area contributed by atoms with Gasteiger partial charge < -0.3 is 10.6 Å². The summed E-state index contributed by atoms with van der Waals surface area (Å²) < 4.78 is 25.3. The predicted molar refractivity (Wildman–Crippen MR) is 110 cm³/mol. The van der Waals surface area contributed by atoms with Crippen molar-refractivity contribution < 1.29 is 13.2 Å². The quantitative estimate of drug-likeness (QED) is 0.810. The Kier molecular flexibility index (Phi) is 5.25. The fourth-order valence-electron chi connectivity index (χ4n) is 4.62. The average Bonchev–Trinajstić information content (AvgIpc) is 3.14. The Hall–Kier alpha value is -2.18. The molecule has 4 rings (SSSR count). The summed E-state index contributed by atoms with van der Waals surface area (Å²) in [7, 11) is -3.42. The van der Waals surface area contributed by atoms with Crippen LogP contribution in [0.1, 0.15) is 31.2 Å². The van der Waals surface area contributed by atoms with Crippen LogP contribution in [0, 0.1) is 11.3 Å². The lowest BCUT2D eigenvalue weighted by molar-refractivity contribution is -0.128. The summed E-state index contributed by atoms with van der Waals surface area (Å²) in [5.41, 5.74) is 1.00. The molecule has 1 amide bonds. The first kappa shape index (κ1) is 19.2. The first-order chi connectivity index (χ1) is 13.5. The van der Waals surface area contributed by atoms with Gasteiger partial charge in [-0.15, -0.1) is 0 Å². The number of hydrogen-bond donors (Lipinski definition) is 2. The number of anilines is 1. The Morgan fingerprint density at radius 2 is 1.93 bits per heavy atom. The molecule has 1 saturated heterocycles. The molecule has 0 unspecified atom stereocenters. The number of nitrogens with one attached hydrogen (secondary N) is 2. The van der Waals surface area contributed by atoms with Crippen molar-refractivity contribution >= 4 is 21.4 Å². The molecule has 2 atom stereocenters. The van der Waals surface area contributed by atoms with Gasteiger partial charge in [0.2, 0.25) is 5.91 Å². The lowest BCUT2D eigenvalue weighted by Gasteiger charge is -2.37. The molecule has 0 spiro atoms. The van der Waals surface area contributed by atoms with E-state index >= 15 is 0 Å². The van der Waals surface area contributed by atoms with Crippen LogP contribution in [0.15, 0.2) is 59.5 Å². The van der Waals surface area contributed by atoms with Gasteiger partial charge in [0.05, 0.1) is 16.1 Å². The van der Waals surface area contributed by atoms with Crippen LogP contribution in [0.3, 0.4) is 0 Å². The smallest absolute Gasteiger partial charge is 0.232 e. The van der Waals surface area contributed by atoms with Crippen molar-refractivity contribution in [3.8, 4) is 0 Å². The van der Waals surface area contributed by atoms with Gasteiger partial charge in [-0.05, 0) is 55.1 Å². The van der Waals surface area contributed by atoms with Gasteiger partial charge in [-0.1, -0.05) is 43.2 Å². The average molecular weight is 399 g/mol. The molecule has 0 aromatic heterocycles. The maximum atomic E-state index is 13.1. The van der Waals surface area contributed by atoms with Crippen LogP contribution in [-0.2, 0) is 20.4 Å². The van der Waals surface area contributed by atoms with Crippen LogP contribution < -0.4 is 10.6 Å². The van der Waals surface area contributed by atoms with Gasteiger partial charge in [-0.2, -0.15) is 0 Å². The highest BCUT2D eigenvalue weighted by Crippen LogP contribution is 2.44. The molecule has 1 aliphatic heterocycles. The minimum Gasteiger partial charge on any atom is -0.326 e. The molecule has 2 aromatic carbocycles. The van der Waals surface area contributed by atoms with E-state index in [-0.39, 0.29) is 17.1 Å². The summed E-state index contributed by atoms with van der Waals surface area (Å²) in [5.74, 6) is 0.365. The highest BCUT2D eigenvalue weighted by molar-refractivity contribution is 7.90. The minimum absolute atomic E-state index is 0.0604. The second-order valence-electron chi connectivity index (χ2n) is 7.96. The van der Waals surface area contributed by atoms with E-state index in [2.05, 4.69) is 10.6 Å². The Balaban J connectivity index is 1.51. The maximum Gasteiger partial charge on any atom is 0.232 e. The van der Waals surface area contributed by atoms with Gasteiger partial charge in [-0.3, -0.25) is 4.79 Å². The topological polar surface area (TPSA) is 75.3 Å². The van der Waals surface area contributed by atoms with Gasteiger partial charge in [0, 0.05) is 12.2 Å². The van der Waals surface area contributed by atoms with Crippen LogP contribution in [0.25, 0.3) is 0 Å². The molecule has 0 bridgehead atoms. The molecule has 6 heteroatoms. The Morgan fingerprint density at radius 1 is 1.11 bits per heavy atom. The van der Waals surface area contributed by atoms with Crippen LogP contribution in [0.4, 0.5) is 5.69 Å². The summed E-state index contributed by atoms with van der Waals surface area (Å²) in [6.45, 7) is 1.63. The molecule has 2 aromatic rings. The zero-order valence-corrected chi connectivity index (χ0v) is 16.7. The fraction of sp³-hybridized carbons (Fsp3) is 0.409. The number of benzene rings is 2. The molecule has 148 valence electrons. The first-order valence-electron chi connectivity index (χ1n) is 9.89. The van der Waals surface area contributed by atoms with Crippen LogP contribution in [-0.4, -0.2) is 27.4 Å². The molecule has 1 aliphatic carbocycles. The Bertz CT molecular complexity index is 959. The number of amides is 1. The lowest BCUT2D eigenvalue weighted by atomic mass is 9.67. The van der Waals surface area contributed by atoms with Crippen LogP contribution in [0.5, 0.6) is 0 Å². The van der Waals surface area contributed by atoms with Crippen molar-refractivity contribution in [3.63, 3.8) is 0 Å². The van der Waals surface area contributed by atoms with Gasteiger partial charge in [0.15, 0.2) is 9.84 Å². The molecule has 28 heavy (non-hydrogen) atoms. The number of hydrogen-bond acceptors (Lipinski definition) is 4. The van der Waals surface area contributed by atoms with Crippen molar-refractivity contribution in [1.82, 2.24) is 5.32 Å². The molecule has 1 saturated carbocycles. The normalized spacial score (nSPS) is 24.5. The maximum absolute atomic E-state index is 13.1. The molecule has 5 nitrogen and oxygen atoms in total. The largest absolute Gasteiger partial charge is 0.326 e. The molecule has 2 aliphatic rings. The van der Waals surface area contributed by atoms with E-state index in [1.165, 1.54) is 6.42 Å². The first-order valence-corrected chi connectivity index (χ1v) is 11.5. The summed E-state index contributed by atoms with van der Waals surface area (Å²) in [6, 6.07) is 15.6. The monoisotopic (exact) mass is 398 g/mol. The van der Waals surface area contributed by atoms with E-state index in [0.29, 0.717) is 22.1 Å². The lowest BCUT2D eigenvalue weighted by Crippen LogP contribution is -2.44. The molecule has 2 N–H and O–H groups in total. The fourth-order valence-corrected chi connectivity index (χ4v) is 5.97. The van der Waals surface area contributed by atoms with E-state index < -0.39 is 9.84 Å². The number of carbonyl (C=O) groups excluding carboxylic acids is 1. The second-order valence-corrected chi connectivity index (χ2v) is 9.95. The van der Waals surface area contributed by atoms with Crippen molar-refractivity contribution in [3.05, 3.63) is 60.2 Å². The Labute approximate surface area is 166 Å². The van der Waals surface area contributed by atoms with Crippen LogP contribution in [0.2, 0.25) is 0 Å². The van der Waals surface area contributed by atoms with Crippen molar-refractivity contribution in [2.45, 2.75) is 36.3 Å². The Morgan fingerprint density at radius 3 is 2.75 bits per heavy atom.